The molecule has 0 bridgehead atoms. The van der Waals surface area contributed by atoms with E-state index in [0.29, 0.717) is 17.1 Å². The molecule has 0 saturated heterocycles. The van der Waals surface area contributed by atoms with E-state index < -0.39 is 18.0 Å². The van der Waals surface area contributed by atoms with Gasteiger partial charge in [0, 0.05) is 11.8 Å². The van der Waals surface area contributed by atoms with Gasteiger partial charge in [0.1, 0.15) is 11.5 Å². The monoisotopic (exact) mass is 286 g/mol. The molecule has 1 amide bonds. The zero-order chi connectivity index (χ0) is 14.8. The largest absolute Gasteiger partial charge is 0.465 e. The van der Waals surface area contributed by atoms with E-state index in [2.05, 4.69) is 20.3 Å². The number of amides is 1. The van der Waals surface area contributed by atoms with E-state index >= 15 is 0 Å². The number of H-pyrrole nitrogens is 1. The Balaban J connectivity index is 2.14. The van der Waals surface area contributed by atoms with Crippen molar-refractivity contribution >= 4 is 6.09 Å². The summed E-state index contributed by atoms with van der Waals surface area (Å²) < 4.78 is 37.1. The minimum absolute atomic E-state index is 0.0244. The molecule has 0 atom stereocenters. The second-order valence-electron chi connectivity index (χ2n) is 3.83. The summed E-state index contributed by atoms with van der Waals surface area (Å²) in [5.41, 5.74) is -0.103. The van der Waals surface area contributed by atoms with Crippen LogP contribution in [0.15, 0.2) is 24.5 Å². The fourth-order valence-corrected chi connectivity index (χ4v) is 1.48. The Labute approximate surface area is 110 Å². The molecule has 2 rings (SSSR count). The lowest BCUT2D eigenvalue weighted by Gasteiger charge is -2.05. The molecule has 6 nitrogen and oxygen atoms in total. The quantitative estimate of drug-likeness (QED) is 0.807. The predicted molar refractivity (Wildman–Crippen MR) is 61.7 cm³/mol. The topological polar surface area (TPSA) is 90.9 Å². The molecule has 0 spiro atoms. The van der Waals surface area contributed by atoms with Crippen molar-refractivity contribution in [1.82, 2.24) is 20.3 Å². The maximum atomic E-state index is 12.4. The van der Waals surface area contributed by atoms with Gasteiger partial charge in [0.15, 0.2) is 0 Å². The summed E-state index contributed by atoms with van der Waals surface area (Å²) in [6, 6.07) is 2.13. The van der Waals surface area contributed by atoms with Gasteiger partial charge < -0.3 is 15.4 Å². The Morgan fingerprint density at radius 3 is 2.60 bits per heavy atom. The fraction of sp³-hybridized carbons (Fsp3) is 0.182. The number of alkyl halides is 3. The number of aromatic nitrogens is 3. The molecule has 0 fully saturated rings. The summed E-state index contributed by atoms with van der Waals surface area (Å²) in [5.74, 6) is 0.349. The minimum atomic E-state index is -4.48. The van der Waals surface area contributed by atoms with Gasteiger partial charge in [-0.25, -0.2) is 9.78 Å². The van der Waals surface area contributed by atoms with Crippen molar-refractivity contribution in [3.8, 4) is 11.3 Å². The van der Waals surface area contributed by atoms with Crippen LogP contribution < -0.4 is 5.32 Å². The van der Waals surface area contributed by atoms with E-state index in [1.807, 2.05) is 0 Å². The molecule has 0 aliphatic rings. The third-order valence-corrected chi connectivity index (χ3v) is 2.40. The van der Waals surface area contributed by atoms with Gasteiger partial charge in [0.05, 0.1) is 18.4 Å². The summed E-state index contributed by atoms with van der Waals surface area (Å²) in [5, 5.41) is 10.6. The van der Waals surface area contributed by atoms with E-state index in [1.54, 1.807) is 0 Å². The van der Waals surface area contributed by atoms with Crippen LogP contribution in [0.5, 0.6) is 0 Å². The van der Waals surface area contributed by atoms with Crippen LogP contribution in [-0.2, 0) is 12.7 Å². The van der Waals surface area contributed by atoms with Crippen molar-refractivity contribution in [3.05, 3.63) is 36.0 Å². The minimum Gasteiger partial charge on any atom is -0.465 e. The fourth-order valence-electron chi connectivity index (χ4n) is 1.48. The van der Waals surface area contributed by atoms with Crippen LogP contribution in [0, 0.1) is 0 Å². The molecule has 2 aromatic rings. The summed E-state index contributed by atoms with van der Waals surface area (Å²) in [6.07, 6.45) is -3.21. The van der Waals surface area contributed by atoms with Crippen LogP contribution in [0.2, 0.25) is 0 Å². The van der Waals surface area contributed by atoms with E-state index in [4.69, 9.17) is 5.11 Å². The second-order valence-corrected chi connectivity index (χ2v) is 3.83. The highest BCUT2D eigenvalue weighted by Gasteiger charge is 2.32. The van der Waals surface area contributed by atoms with Crippen LogP contribution >= 0.6 is 0 Å². The van der Waals surface area contributed by atoms with E-state index in [9.17, 15) is 18.0 Å². The number of carboxylic acid groups (broad SMARTS) is 1. The van der Waals surface area contributed by atoms with E-state index in [1.165, 1.54) is 12.3 Å². The zero-order valence-corrected chi connectivity index (χ0v) is 9.90. The first-order valence-electron chi connectivity index (χ1n) is 5.40. The van der Waals surface area contributed by atoms with Gasteiger partial charge in [0.2, 0.25) is 0 Å². The number of nitrogens with zero attached hydrogens (tertiary/aromatic N) is 2. The summed E-state index contributed by atoms with van der Waals surface area (Å²) in [4.78, 5) is 20.3. The number of hydrogen-bond donors (Lipinski definition) is 3. The first-order chi connectivity index (χ1) is 9.36. The number of nitrogens with one attached hydrogen (secondary N) is 2. The summed E-state index contributed by atoms with van der Waals surface area (Å²) in [7, 11) is 0. The van der Waals surface area contributed by atoms with Gasteiger partial charge in [-0.15, -0.1) is 0 Å². The molecule has 0 aliphatic carbocycles. The number of hydrogen-bond acceptors (Lipinski definition) is 3. The first kappa shape index (κ1) is 13.8. The van der Waals surface area contributed by atoms with Gasteiger partial charge in [-0.2, -0.15) is 13.2 Å². The highest BCUT2D eigenvalue weighted by atomic mass is 19.4. The molecule has 9 heteroatoms. The Morgan fingerprint density at radius 1 is 1.30 bits per heavy atom. The lowest BCUT2D eigenvalue weighted by molar-refractivity contribution is -0.141. The van der Waals surface area contributed by atoms with Gasteiger partial charge >= 0.3 is 12.3 Å². The van der Waals surface area contributed by atoms with Gasteiger partial charge in [0.25, 0.3) is 0 Å². The van der Waals surface area contributed by atoms with Crippen LogP contribution in [0.25, 0.3) is 11.3 Å². The zero-order valence-electron chi connectivity index (χ0n) is 9.90. The molecule has 0 aromatic carbocycles. The number of rotatable bonds is 3. The molecule has 2 heterocycles. The van der Waals surface area contributed by atoms with Crippen molar-refractivity contribution in [1.29, 1.82) is 0 Å². The van der Waals surface area contributed by atoms with Crippen LogP contribution in [0.1, 0.15) is 11.5 Å². The second kappa shape index (κ2) is 5.19. The Hall–Kier alpha value is -2.58. The Kier molecular flexibility index (Phi) is 3.59. The normalized spacial score (nSPS) is 11.3. The van der Waals surface area contributed by atoms with Crippen molar-refractivity contribution in [2.24, 2.45) is 0 Å². The van der Waals surface area contributed by atoms with Gasteiger partial charge in [-0.1, -0.05) is 0 Å². The number of imidazole rings is 1. The van der Waals surface area contributed by atoms with Crippen molar-refractivity contribution < 1.29 is 23.1 Å². The number of halogens is 3. The summed E-state index contributed by atoms with van der Waals surface area (Å²) >= 11 is 0. The van der Waals surface area contributed by atoms with Crippen LogP contribution in [-0.4, -0.2) is 26.2 Å². The smallest absolute Gasteiger partial charge is 0.433 e. The highest BCUT2D eigenvalue weighted by Crippen LogP contribution is 2.28. The maximum Gasteiger partial charge on any atom is 0.433 e. The maximum absolute atomic E-state index is 12.4. The molecular formula is C11H9F3N4O2. The molecule has 0 unspecified atom stereocenters. The molecule has 2 aromatic heterocycles. The molecule has 0 aliphatic heterocycles. The highest BCUT2D eigenvalue weighted by molar-refractivity contribution is 5.64. The third-order valence-electron chi connectivity index (χ3n) is 2.40. The predicted octanol–water partition coefficient (Wildman–Crippen LogP) is 2.26. The number of carbonyl (C=O) groups is 1. The Morgan fingerprint density at radius 2 is 2.05 bits per heavy atom. The summed E-state index contributed by atoms with van der Waals surface area (Å²) in [6.45, 7) is -0.0244. The number of pyridine rings is 1. The van der Waals surface area contributed by atoms with Crippen molar-refractivity contribution in [3.63, 3.8) is 0 Å². The molecular weight excluding hydrogens is 277 g/mol. The van der Waals surface area contributed by atoms with Crippen molar-refractivity contribution in [2.45, 2.75) is 12.7 Å². The number of aromatic amines is 1. The molecule has 3 N–H and O–H groups in total. The SMILES string of the molecule is O=C(O)NCc1ncc(-c2ccc(C(F)(F)F)nc2)[nH]1. The average Bonchev–Trinajstić information content (AvgIpc) is 2.84. The van der Waals surface area contributed by atoms with Gasteiger partial charge in [-0.05, 0) is 12.1 Å². The van der Waals surface area contributed by atoms with Crippen molar-refractivity contribution in [2.75, 3.05) is 0 Å². The van der Waals surface area contributed by atoms with Gasteiger partial charge in [-0.3, -0.25) is 4.98 Å². The van der Waals surface area contributed by atoms with E-state index in [0.717, 1.165) is 12.3 Å². The van der Waals surface area contributed by atoms with Crippen LogP contribution in [0.3, 0.4) is 0 Å². The average molecular weight is 286 g/mol. The molecule has 0 radical (unpaired) electrons. The lowest BCUT2D eigenvalue weighted by Crippen LogP contribution is -2.20. The molecule has 0 saturated carbocycles. The Bertz CT molecular complexity index is 607. The van der Waals surface area contributed by atoms with E-state index in [-0.39, 0.29) is 6.54 Å². The lowest BCUT2D eigenvalue weighted by atomic mass is 10.2. The first-order valence-corrected chi connectivity index (χ1v) is 5.40. The molecule has 20 heavy (non-hydrogen) atoms. The molecule has 106 valence electrons. The van der Waals surface area contributed by atoms with Crippen LogP contribution in [0.4, 0.5) is 18.0 Å². The third kappa shape index (κ3) is 3.25. The standard InChI is InChI=1S/C11H9F3N4O2/c12-11(13,14)8-2-1-6(3-15-8)7-4-16-9(18-7)5-17-10(19)20/h1-4,17H,5H2,(H,16,18)(H,19,20).